The Morgan fingerprint density at radius 1 is 1.00 bits per heavy atom. The molecule has 0 atom stereocenters. The predicted molar refractivity (Wildman–Crippen MR) is 130 cm³/mol. The molecular weight excluding hydrogens is 476 g/mol. The Balaban J connectivity index is 1.62. The lowest BCUT2D eigenvalue weighted by atomic mass is 10.0. The number of aromatic amines is 1. The number of aromatic nitrogens is 4. The molecule has 0 spiro atoms. The van der Waals surface area contributed by atoms with Gasteiger partial charge in [-0.25, -0.2) is 12.7 Å². The van der Waals surface area contributed by atoms with Crippen LogP contribution in [0.15, 0.2) is 71.6 Å². The first-order valence-corrected chi connectivity index (χ1v) is 12.0. The van der Waals surface area contributed by atoms with E-state index in [1.165, 1.54) is 14.1 Å². The van der Waals surface area contributed by atoms with Crippen LogP contribution in [0.1, 0.15) is 5.56 Å². The third-order valence-electron chi connectivity index (χ3n) is 5.12. The van der Waals surface area contributed by atoms with E-state index in [0.29, 0.717) is 22.1 Å². The van der Waals surface area contributed by atoms with E-state index in [4.69, 9.17) is 11.6 Å². The first-order chi connectivity index (χ1) is 16.2. The van der Waals surface area contributed by atoms with Gasteiger partial charge in [0.25, 0.3) is 0 Å². The monoisotopic (exact) mass is 496 g/mol. The summed E-state index contributed by atoms with van der Waals surface area (Å²) in [6, 6.07) is 19.0. The molecule has 4 aromatic rings. The predicted octanol–water partition coefficient (Wildman–Crippen LogP) is 3.62. The van der Waals surface area contributed by atoms with Crippen LogP contribution in [0.2, 0.25) is 5.02 Å². The molecule has 0 fully saturated rings. The van der Waals surface area contributed by atoms with Crippen molar-refractivity contribution in [3.05, 3.63) is 77.3 Å². The van der Waals surface area contributed by atoms with E-state index in [1.807, 2.05) is 12.1 Å². The second-order valence-corrected chi connectivity index (χ2v) is 10.2. The van der Waals surface area contributed by atoms with Gasteiger partial charge in [0.2, 0.25) is 21.8 Å². The van der Waals surface area contributed by atoms with Gasteiger partial charge in [-0.05, 0) is 58.3 Å². The summed E-state index contributed by atoms with van der Waals surface area (Å²) in [5, 5.41) is 17.6. The lowest BCUT2D eigenvalue weighted by molar-refractivity contribution is -0.115. The number of nitrogens with one attached hydrogen (secondary N) is 2. The molecule has 0 radical (unpaired) electrons. The van der Waals surface area contributed by atoms with Crippen LogP contribution in [-0.4, -0.2) is 53.3 Å². The molecule has 0 saturated heterocycles. The number of rotatable bonds is 7. The summed E-state index contributed by atoms with van der Waals surface area (Å²) in [4.78, 5) is 12.9. The van der Waals surface area contributed by atoms with Gasteiger partial charge < -0.3 is 5.32 Å². The van der Waals surface area contributed by atoms with Gasteiger partial charge in [-0.2, -0.15) is 5.21 Å². The minimum absolute atomic E-state index is 0.173. The highest BCUT2D eigenvalue weighted by atomic mass is 35.5. The van der Waals surface area contributed by atoms with E-state index in [-0.39, 0.29) is 17.2 Å². The van der Waals surface area contributed by atoms with E-state index in [9.17, 15) is 13.2 Å². The number of sulfonamides is 1. The standard InChI is InChI=1S/C23H21ClN6O3S/c1-30(2)34(32,33)19-10-5-16(6-11-19)17-7-12-21(20(14-17)23-26-28-29-27-23)25-22(31)13-15-3-8-18(24)9-4-15/h3-12,14H,13H2,1-2H3,(H,25,31)(H,26,27,28,29). The number of hydrogen-bond donors (Lipinski definition) is 2. The second kappa shape index (κ2) is 9.72. The van der Waals surface area contributed by atoms with Crippen LogP contribution in [0.5, 0.6) is 0 Å². The Hall–Kier alpha value is -3.60. The number of carbonyl (C=O) groups excluding carboxylic acids is 1. The fourth-order valence-electron chi connectivity index (χ4n) is 3.31. The number of halogens is 1. The van der Waals surface area contributed by atoms with Crippen molar-refractivity contribution in [1.82, 2.24) is 24.9 Å². The third-order valence-corrected chi connectivity index (χ3v) is 7.21. The number of anilines is 1. The molecule has 2 N–H and O–H groups in total. The third kappa shape index (κ3) is 5.14. The van der Waals surface area contributed by atoms with Gasteiger partial charge in [0.15, 0.2) is 0 Å². The summed E-state index contributed by atoms with van der Waals surface area (Å²) in [5.74, 6) is 0.105. The van der Waals surface area contributed by atoms with Crippen molar-refractivity contribution >= 4 is 33.2 Å². The maximum Gasteiger partial charge on any atom is 0.242 e. The molecule has 0 unspecified atom stereocenters. The zero-order valence-corrected chi connectivity index (χ0v) is 19.9. The van der Waals surface area contributed by atoms with Gasteiger partial charge >= 0.3 is 0 Å². The highest BCUT2D eigenvalue weighted by molar-refractivity contribution is 7.89. The second-order valence-electron chi connectivity index (χ2n) is 7.66. The molecule has 4 rings (SSSR count). The van der Waals surface area contributed by atoms with Crippen molar-refractivity contribution < 1.29 is 13.2 Å². The van der Waals surface area contributed by atoms with Crippen LogP contribution >= 0.6 is 11.6 Å². The molecular formula is C23H21ClN6O3S. The fraction of sp³-hybridized carbons (Fsp3) is 0.130. The molecule has 1 heterocycles. The molecule has 0 saturated carbocycles. The normalized spacial score (nSPS) is 11.5. The summed E-state index contributed by atoms with van der Waals surface area (Å²) in [6.07, 6.45) is 0.173. The molecule has 1 amide bonds. The largest absolute Gasteiger partial charge is 0.325 e. The SMILES string of the molecule is CN(C)S(=O)(=O)c1ccc(-c2ccc(NC(=O)Cc3ccc(Cl)cc3)c(-c3nn[nH]n3)c2)cc1. The number of carbonyl (C=O) groups is 1. The van der Waals surface area contributed by atoms with Crippen LogP contribution in [-0.2, 0) is 21.2 Å². The van der Waals surface area contributed by atoms with Gasteiger partial charge in [0, 0.05) is 24.7 Å². The van der Waals surface area contributed by atoms with Crippen molar-refractivity contribution in [3.8, 4) is 22.5 Å². The van der Waals surface area contributed by atoms with Gasteiger partial charge in [-0.3, -0.25) is 4.79 Å². The highest BCUT2D eigenvalue weighted by Crippen LogP contribution is 2.31. The van der Waals surface area contributed by atoms with Crippen LogP contribution in [0.25, 0.3) is 22.5 Å². The minimum Gasteiger partial charge on any atom is -0.325 e. The van der Waals surface area contributed by atoms with E-state index in [0.717, 1.165) is 21.0 Å². The maximum atomic E-state index is 12.7. The lowest BCUT2D eigenvalue weighted by Gasteiger charge is -2.13. The fourth-order valence-corrected chi connectivity index (χ4v) is 4.33. The van der Waals surface area contributed by atoms with Crippen molar-refractivity contribution in [2.24, 2.45) is 0 Å². The molecule has 34 heavy (non-hydrogen) atoms. The minimum atomic E-state index is -3.52. The summed E-state index contributed by atoms with van der Waals surface area (Å²) >= 11 is 5.91. The average Bonchev–Trinajstić information content (AvgIpc) is 3.36. The Kier molecular flexibility index (Phi) is 6.73. The molecule has 9 nitrogen and oxygen atoms in total. The molecule has 3 aromatic carbocycles. The van der Waals surface area contributed by atoms with Crippen molar-refractivity contribution in [2.75, 3.05) is 19.4 Å². The average molecular weight is 497 g/mol. The Morgan fingerprint density at radius 2 is 1.68 bits per heavy atom. The molecule has 0 aliphatic heterocycles. The summed E-state index contributed by atoms with van der Waals surface area (Å²) in [6.45, 7) is 0. The van der Waals surface area contributed by atoms with Crippen LogP contribution in [0.3, 0.4) is 0 Å². The highest BCUT2D eigenvalue weighted by Gasteiger charge is 2.18. The molecule has 1 aromatic heterocycles. The Labute approximate surface area is 201 Å². The summed E-state index contributed by atoms with van der Waals surface area (Å²) < 4.78 is 25.8. The smallest absolute Gasteiger partial charge is 0.242 e. The first-order valence-electron chi connectivity index (χ1n) is 10.2. The van der Waals surface area contributed by atoms with E-state index in [1.54, 1.807) is 54.6 Å². The maximum absolute atomic E-state index is 12.7. The van der Waals surface area contributed by atoms with Gasteiger partial charge in [0.05, 0.1) is 17.0 Å². The molecule has 11 heteroatoms. The zero-order chi connectivity index (χ0) is 24.3. The van der Waals surface area contributed by atoms with Crippen molar-refractivity contribution in [3.63, 3.8) is 0 Å². The van der Waals surface area contributed by atoms with Crippen LogP contribution in [0, 0.1) is 0 Å². The number of amides is 1. The molecule has 0 aliphatic carbocycles. The number of benzene rings is 3. The Bertz CT molecular complexity index is 1400. The van der Waals surface area contributed by atoms with Crippen LogP contribution in [0.4, 0.5) is 5.69 Å². The quantitative estimate of drug-likeness (QED) is 0.403. The van der Waals surface area contributed by atoms with E-state index < -0.39 is 10.0 Å². The van der Waals surface area contributed by atoms with Gasteiger partial charge in [-0.15, -0.1) is 10.2 Å². The molecule has 0 bridgehead atoms. The van der Waals surface area contributed by atoms with Crippen molar-refractivity contribution in [2.45, 2.75) is 11.3 Å². The lowest BCUT2D eigenvalue weighted by Crippen LogP contribution is -2.22. The summed E-state index contributed by atoms with van der Waals surface area (Å²) in [7, 11) is -0.549. The number of nitrogens with zero attached hydrogens (tertiary/aromatic N) is 4. The first kappa shape index (κ1) is 23.6. The van der Waals surface area contributed by atoms with Gasteiger partial charge in [-0.1, -0.05) is 41.9 Å². The van der Waals surface area contributed by atoms with E-state index in [2.05, 4.69) is 25.9 Å². The molecule has 174 valence electrons. The number of tetrazole rings is 1. The topological polar surface area (TPSA) is 121 Å². The Morgan fingerprint density at radius 3 is 2.29 bits per heavy atom. The summed E-state index contributed by atoms with van der Waals surface area (Å²) in [5.41, 5.74) is 3.51. The van der Waals surface area contributed by atoms with E-state index >= 15 is 0 Å². The number of hydrogen-bond acceptors (Lipinski definition) is 6. The number of H-pyrrole nitrogens is 1. The zero-order valence-electron chi connectivity index (χ0n) is 18.4. The van der Waals surface area contributed by atoms with Crippen molar-refractivity contribution in [1.29, 1.82) is 0 Å². The molecule has 0 aliphatic rings. The van der Waals surface area contributed by atoms with Crippen LogP contribution < -0.4 is 5.32 Å². The van der Waals surface area contributed by atoms with Gasteiger partial charge in [0.1, 0.15) is 0 Å².